The van der Waals surface area contributed by atoms with Gasteiger partial charge in [0.1, 0.15) is 0 Å². The van der Waals surface area contributed by atoms with Crippen molar-refractivity contribution in [2.24, 2.45) is 0 Å². The fourth-order valence-electron chi connectivity index (χ4n) is 2.54. The topological polar surface area (TPSA) is 93.0 Å². The summed E-state index contributed by atoms with van der Waals surface area (Å²) >= 11 is 5.84. The first-order chi connectivity index (χ1) is 11.4. The predicted molar refractivity (Wildman–Crippen MR) is 86.0 cm³/mol. The third-order valence-electron chi connectivity index (χ3n) is 3.57. The number of benzene rings is 2. The van der Waals surface area contributed by atoms with Crippen molar-refractivity contribution in [3.63, 3.8) is 0 Å². The fraction of sp³-hybridized carbons (Fsp3) is 0.0625. The first-order valence-electron chi connectivity index (χ1n) is 6.86. The SMILES string of the molecule is O=S(=O)(O)c1cccc(Cc2[c]c3c([c]c2)-c2nc(Cl)nc-3n2)c1. The minimum absolute atomic E-state index is 0.121. The molecule has 2 aromatic carbocycles. The van der Waals surface area contributed by atoms with Crippen LogP contribution in [0.3, 0.4) is 0 Å². The van der Waals surface area contributed by atoms with Crippen LogP contribution >= 0.6 is 11.6 Å². The van der Waals surface area contributed by atoms with Crippen LogP contribution in [0.2, 0.25) is 5.28 Å². The molecule has 1 N–H and O–H groups in total. The molecule has 8 heteroatoms. The van der Waals surface area contributed by atoms with Crippen LogP contribution in [0.1, 0.15) is 11.1 Å². The van der Waals surface area contributed by atoms with E-state index in [0.29, 0.717) is 29.2 Å². The van der Waals surface area contributed by atoms with Crippen molar-refractivity contribution < 1.29 is 13.0 Å². The van der Waals surface area contributed by atoms with Crippen molar-refractivity contribution >= 4 is 21.7 Å². The molecule has 0 spiro atoms. The zero-order valence-electron chi connectivity index (χ0n) is 12.0. The molecule has 1 aliphatic heterocycles. The van der Waals surface area contributed by atoms with Crippen molar-refractivity contribution in [1.29, 1.82) is 0 Å². The van der Waals surface area contributed by atoms with Gasteiger partial charge in [-0.15, -0.1) is 0 Å². The summed E-state index contributed by atoms with van der Waals surface area (Å²) in [6.07, 6.45) is 0.421. The van der Waals surface area contributed by atoms with Gasteiger partial charge >= 0.3 is 0 Å². The van der Waals surface area contributed by atoms with Gasteiger partial charge in [0.25, 0.3) is 10.1 Å². The Morgan fingerprint density at radius 2 is 1.88 bits per heavy atom. The van der Waals surface area contributed by atoms with Crippen LogP contribution in [-0.4, -0.2) is 27.9 Å². The van der Waals surface area contributed by atoms with Gasteiger partial charge in [0.15, 0.2) is 11.6 Å². The molecule has 4 rings (SSSR count). The molecule has 0 aliphatic carbocycles. The molecule has 2 radical (unpaired) electrons. The highest BCUT2D eigenvalue weighted by atomic mass is 35.5. The summed E-state index contributed by atoms with van der Waals surface area (Å²) in [6.45, 7) is 0. The molecule has 2 bridgehead atoms. The van der Waals surface area contributed by atoms with E-state index in [4.69, 9.17) is 16.2 Å². The molecule has 1 aliphatic rings. The Morgan fingerprint density at radius 1 is 1.12 bits per heavy atom. The summed E-state index contributed by atoms with van der Waals surface area (Å²) in [5, 5.41) is 0.121. The molecule has 1 aromatic heterocycles. The van der Waals surface area contributed by atoms with Gasteiger partial charge < -0.3 is 0 Å². The lowest BCUT2D eigenvalue weighted by atomic mass is 10.00. The van der Waals surface area contributed by atoms with Gasteiger partial charge in [0, 0.05) is 11.1 Å². The van der Waals surface area contributed by atoms with Crippen molar-refractivity contribution in [2.45, 2.75) is 11.3 Å². The molecule has 0 atom stereocenters. The summed E-state index contributed by atoms with van der Waals surface area (Å²) in [7, 11) is -4.23. The Labute approximate surface area is 142 Å². The second-order valence-corrected chi connectivity index (χ2v) is 7.00. The molecule has 2 heterocycles. The van der Waals surface area contributed by atoms with Crippen molar-refractivity contribution in [1.82, 2.24) is 15.0 Å². The van der Waals surface area contributed by atoms with E-state index < -0.39 is 10.1 Å². The van der Waals surface area contributed by atoms with E-state index in [2.05, 4.69) is 27.1 Å². The molecule has 6 nitrogen and oxygen atoms in total. The summed E-state index contributed by atoms with van der Waals surface area (Å²) < 4.78 is 31.6. The minimum atomic E-state index is -4.23. The number of halogens is 1. The zero-order valence-corrected chi connectivity index (χ0v) is 13.6. The van der Waals surface area contributed by atoms with Crippen LogP contribution in [-0.2, 0) is 16.5 Å². The van der Waals surface area contributed by atoms with Gasteiger partial charge in [0.2, 0.25) is 5.28 Å². The Hall–Kier alpha value is -2.35. The average molecular weight is 358 g/mol. The van der Waals surface area contributed by atoms with Gasteiger partial charge in [-0.1, -0.05) is 12.1 Å². The average Bonchev–Trinajstić information content (AvgIpc) is 2.78. The zero-order chi connectivity index (χ0) is 16.9. The van der Waals surface area contributed by atoms with Gasteiger partial charge in [-0.2, -0.15) is 18.4 Å². The van der Waals surface area contributed by atoms with Crippen LogP contribution in [0.5, 0.6) is 0 Å². The maximum Gasteiger partial charge on any atom is 0.294 e. The number of rotatable bonds is 3. The standard InChI is InChI=1S/C16H8ClN3O3S/c17-16-19-14-12-5-4-10(8-13(12)15(18-14)20-16)6-9-2-1-3-11(7-9)24(21,22)23/h1-4,7H,6H2,(H,21,22,23). The second-order valence-electron chi connectivity index (χ2n) is 5.24. The van der Waals surface area contributed by atoms with Crippen LogP contribution in [0.15, 0.2) is 35.2 Å². The maximum atomic E-state index is 11.2. The summed E-state index contributed by atoms with van der Waals surface area (Å²) in [4.78, 5) is 12.2. The maximum absolute atomic E-state index is 11.2. The van der Waals surface area contributed by atoms with Gasteiger partial charge in [-0.05, 0) is 59.5 Å². The van der Waals surface area contributed by atoms with E-state index in [1.165, 1.54) is 12.1 Å². The molecule has 0 unspecified atom stereocenters. The molecule has 0 fully saturated rings. The highest BCUT2D eigenvalue weighted by molar-refractivity contribution is 7.85. The Morgan fingerprint density at radius 3 is 2.62 bits per heavy atom. The van der Waals surface area contributed by atoms with Gasteiger partial charge in [-0.25, -0.2) is 4.98 Å². The van der Waals surface area contributed by atoms with E-state index in [9.17, 15) is 8.42 Å². The predicted octanol–water partition coefficient (Wildman–Crippen LogP) is 2.61. The summed E-state index contributed by atoms with van der Waals surface area (Å²) in [5.41, 5.74) is 2.87. The largest absolute Gasteiger partial charge is 0.294 e. The number of hydrogen-bond donors (Lipinski definition) is 1. The molecule has 3 aromatic rings. The fourth-order valence-corrected chi connectivity index (χ4v) is 3.25. The quantitative estimate of drug-likeness (QED) is 0.566. The minimum Gasteiger partial charge on any atom is -0.282 e. The van der Waals surface area contributed by atoms with Crippen LogP contribution < -0.4 is 0 Å². The van der Waals surface area contributed by atoms with Crippen LogP contribution in [0, 0.1) is 12.1 Å². The molecule has 0 amide bonds. The normalized spacial score (nSPS) is 12.2. The Bertz CT molecular complexity index is 1080. The molecular formula is C16H8ClN3O3S. The van der Waals surface area contributed by atoms with Crippen LogP contribution in [0.4, 0.5) is 0 Å². The van der Waals surface area contributed by atoms with Gasteiger partial charge in [-0.3, -0.25) is 4.55 Å². The summed E-state index contributed by atoms with van der Waals surface area (Å²) in [5.74, 6) is 0.918. The smallest absolute Gasteiger partial charge is 0.282 e. The van der Waals surface area contributed by atoms with Crippen molar-refractivity contribution in [2.75, 3.05) is 0 Å². The number of fused-ring (bicyclic) bond motifs is 5. The number of hydrogen-bond acceptors (Lipinski definition) is 5. The van der Waals surface area contributed by atoms with E-state index in [1.807, 2.05) is 0 Å². The molecule has 0 saturated carbocycles. The monoisotopic (exact) mass is 357 g/mol. The molecule has 24 heavy (non-hydrogen) atoms. The highest BCUT2D eigenvalue weighted by Gasteiger charge is 2.23. The Balaban J connectivity index is 1.70. The molecule has 0 saturated heterocycles. The second kappa shape index (κ2) is 5.34. The first kappa shape index (κ1) is 15.2. The molecular weight excluding hydrogens is 350 g/mol. The van der Waals surface area contributed by atoms with Gasteiger partial charge in [0.05, 0.1) is 4.90 Å². The van der Waals surface area contributed by atoms with E-state index in [0.717, 1.165) is 11.1 Å². The Kier molecular flexibility index (Phi) is 3.38. The summed E-state index contributed by atoms with van der Waals surface area (Å²) in [6, 6.07) is 14.1. The number of nitrogens with zero attached hydrogens (tertiary/aromatic N) is 3. The number of aromatic nitrogens is 3. The lowest BCUT2D eigenvalue weighted by Gasteiger charge is -2.05. The van der Waals surface area contributed by atoms with E-state index in [-0.39, 0.29) is 10.2 Å². The third-order valence-corrected chi connectivity index (χ3v) is 4.59. The van der Waals surface area contributed by atoms with Crippen molar-refractivity contribution in [3.05, 3.63) is 58.9 Å². The lowest BCUT2D eigenvalue weighted by Crippen LogP contribution is -1.99. The van der Waals surface area contributed by atoms with E-state index in [1.54, 1.807) is 18.2 Å². The molecule has 118 valence electrons. The van der Waals surface area contributed by atoms with Crippen LogP contribution in [0.25, 0.3) is 22.8 Å². The van der Waals surface area contributed by atoms with E-state index >= 15 is 0 Å². The van der Waals surface area contributed by atoms with Crippen molar-refractivity contribution in [3.8, 4) is 22.8 Å². The highest BCUT2D eigenvalue weighted by Crippen LogP contribution is 2.35. The first-order valence-corrected chi connectivity index (χ1v) is 8.67. The lowest BCUT2D eigenvalue weighted by molar-refractivity contribution is 0.483. The third kappa shape index (κ3) is 2.66.